The summed E-state index contributed by atoms with van der Waals surface area (Å²) in [4.78, 5) is 0. The van der Waals surface area contributed by atoms with Crippen LogP contribution >= 0.6 is 0 Å². The lowest BCUT2D eigenvalue weighted by atomic mass is 9.78. The second-order valence-corrected chi connectivity index (χ2v) is 6.93. The van der Waals surface area contributed by atoms with E-state index in [0.29, 0.717) is 6.10 Å². The van der Waals surface area contributed by atoms with Crippen LogP contribution in [0, 0.1) is 6.92 Å². The van der Waals surface area contributed by atoms with Crippen molar-refractivity contribution in [2.24, 2.45) is 0 Å². The predicted octanol–water partition coefficient (Wildman–Crippen LogP) is 2.84. The molecule has 0 radical (unpaired) electrons. The highest BCUT2D eigenvalue weighted by molar-refractivity contribution is 6.62. The van der Waals surface area contributed by atoms with Crippen LogP contribution in [0.15, 0.2) is 18.2 Å². The number of hydrogen-bond acceptors (Lipinski definition) is 3. The monoisotopic (exact) mass is 274 g/mol. The van der Waals surface area contributed by atoms with E-state index in [1.54, 1.807) is 0 Å². The lowest BCUT2D eigenvalue weighted by Gasteiger charge is -2.32. The lowest BCUT2D eigenvalue weighted by Crippen LogP contribution is -2.41. The molecule has 1 heterocycles. The summed E-state index contributed by atoms with van der Waals surface area (Å²) in [5.74, 6) is 0.958. The molecule has 1 saturated carbocycles. The molecular formula is C16H23BO3. The first-order valence-corrected chi connectivity index (χ1v) is 7.41. The summed E-state index contributed by atoms with van der Waals surface area (Å²) >= 11 is 0. The molecule has 1 aliphatic carbocycles. The van der Waals surface area contributed by atoms with Gasteiger partial charge in [0.1, 0.15) is 5.75 Å². The molecule has 1 aliphatic heterocycles. The molecule has 0 spiro atoms. The van der Waals surface area contributed by atoms with E-state index in [1.807, 2.05) is 0 Å². The number of rotatable bonds is 3. The van der Waals surface area contributed by atoms with Gasteiger partial charge >= 0.3 is 7.12 Å². The zero-order chi connectivity index (χ0) is 14.5. The van der Waals surface area contributed by atoms with Gasteiger partial charge in [-0.2, -0.15) is 0 Å². The van der Waals surface area contributed by atoms with Crippen molar-refractivity contribution >= 4 is 12.6 Å². The van der Waals surface area contributed by atoms with Crippen LogP contribution in [0.25, 0.3) is 0 Å². The van der Waals surface area contributed by atoms with Crippen LogP contribution < -0.4 is 10.2 Å². The molecule has 1 saturated heterocycles. The summed E-state index contributed by atoms with van der Waals surface area (Å²) in [7, 11) is -0.317. The van der Waals surface area contributed by atoms with E-state index in [-0.39, 0.29) is 18.3 Å². The van der Waals surface area contributed by atoms with Crippen LogP contribution in [0.5, 0.6) is 5.75 Å². The Labute approximate surface area is 121 Å². The van der Waals surface area contributed by atoms with E-state index in [9.17, 15) is 0 Å². The van der Waals surface area contributed by atoms with Crippen LogP contribution in [0.1, 0.15) is 46.1 Å². The minimum Gasteiger partial charge on any atom is -0.490 e. The van der Waals surface area contributed by atoms with Crippen molar-refractivity contribution in [3.05, 3.63) is 23.8 Å². The Balaban J connectivity index is 1.84. The van der Waals surface area contributed by atoms with Crippen molar-refractivity contribution in [2.45, 2.75) is 64.8 Å². The minimum absolute atomic E-state index is 0.305. The van der Waals surface area contributed by atoms with Crippen LogP contribution in [-0.4, -0.2) is 24.4 Å². The summed E-state index contributed by atoms with van der Waals surface area (Å²) < 4.78 is 18.1. The second kappa shape index (κ2) is 4.50. The standard InChI is InChI=1S/C16H23BO3/c1-11-6-7-12(10-14(11)18-13-8-9-13)17-19-15(2,3)16(4,5)20-17/h6-7,10,13H,8-9H2,1-5H3. The second-order valence-electron chi connectivity index (χ2n) is 6.93. The third-order valence-electron chi connectivity index (χ3n) is 4.56. The van der Waals surface area contributed by atoms with E-state index in [1.165, 1.54) is 12.8 Å². The SMILES string of the molecule is Cc1ccc(B2OC(C)(C)C(C)(C)O2)cc1OC1CC1. The van der Waals surface area contributed by atoms with Crippen molar-refractivity contribution in [2.75, 3.05) is 0 Å². The molecule has 0 amide bonds. The smallest absolute Gasteiger partial charge is 0.490 e. The van der Waals surface area contributed by atoms with Gasteiger partial charge in [-0.3, -0.25) is 0 Å². The number of benzene rings is 1. The third-order valence-corrected chi connectivity index (χ3v) is 4.56. The topological polar surface area (TPSA) is 27.7 Å². The average molecular weight is 274 g/mol. The third kappa shape index (κ3) is 2.47. The van der Waals surface area contributed by atoms with Crippen LogP contribution in [0.2, 0.25) is 0 Å². The Bertz CT molecular complexity index is 504. The first-order valence-electron chi connectivity index (χ1n) is 7.41. The maximum absolute atomic E-state index is 6.09. The maximum Gasteiger partial charge on any atom is 0.494 e. The first kappa shape index (κ1) is 14.0. The molecule has 1 aromatic rings. The van der Waals surface area contributed by atoms with E-state index in [4.69, 9.17) is 14.0 Å². The Kier molecular flexibility index (Phi) is 3.14. The van der Waals surface area contributed by atoms with Gasteiger partial charge in [0, 0.05) is 0 Å². The molecule has 3 nitrogen and oxygen atoms in total. The molecule has 4 heteroatoms. The Morgan fingerprint density at radius 1 is 1.10 bits per heavy atom. The molecule has 0 bridgehead atoms. The summed E-state index contributed by atoms with van der Waals surface area (Å²) in [6.07, 6.45) is 2.74. The molecular weight excluding hydrogens is 251 g/mol. The average Bonchev–Trinajstić information content (AvgIpc) is 3.10. The first-order chi connectivity index (χ1) is 9.28. The molecule has 1 aromatic carbocycles. The van der Waals surface area contributed by atoms with Crippen LogP contribution in [-0.2, 0) is 9.31 Å². The van der Waals surface area contributed by atoms with Gasteiger partial charge in [0.15, 0.2) is 0 Å². The van der Waals surface area contributed by atoms with Gasteiger partial charge in [-0.25, -0.2) is 0 Å². The molecule has 3 rings (SSSR count). The Hall–Kier alpha value is -0.995. The van der Waals surface area contributed by atoms with Crippen LogP contribution in [0.3, 0.4) is 0 Å². The summed E-state index contributed by atoms with van der Waals surface area (Å²) in [5.41, 5.74) is 1.59. The van der Waals surface area contributed by atoms with Crippen molar-refractivity contribution in [1.82, 2.24) is 0 Å². The highest BCUT2D eigenvalue weighted by atomic mass is 16.7. The van der Waals surface area contributed by atoms with Gasteiger partial charge in [-0.15, -0.1) is 0 Å². The molecule has 2 fully saturated rings. The van der Waals surface area contributed by atoms with Gasteiger partial charge in [0.05, 0.1) is 17.3 Å². The molecule has 0 unspecified atom stereocenters. The summed E-state index contributed by atoms with van der Waals surface area (Å²) in [6, 6.07) is 6.21. The molecule has 0 atom stereocenters. The molecule has 0 N–H and O–H groups in total. The summed E-state index contributed by atoms with van der Waals surface area (Å²) in [5, 5.41) is 0. The lowest BCUT2D eigenvalue weighted by molar-refractivity contribution is 0.00578. The van der Waals surface area contributed by atoms with Gasteiger partial charge in [-0.05, 0) is 64.6 Å². The Morgan fingerprint density at radius 3 is 2.25 bits per heavy atom. The number of hydrogen-bond donors (Lipinski definition) is 0. The van der Waals surface area contributed by atoms with Crippen molar-refractivity contribution < 1.29 is 14.0 Å². The van der Waals surface area contributed by atoms with E-state index in [2.05, 4.69) is 52.8 Å². The van der Waals surface area contributed by atoms with E-state index < -0.39 is 0 Å². The summed E-state index contributed by atoms with van der Waals surface area (Å²) in [6.45, 7) is 10.4. The van der Waals surface area contributed by atoms with Crippen molar-refractivity contribution in [1.29, 1.82) is 0 Å². The van der Waals surface area contributed by atoms with Crippen molar-refractivity contribution in [3.63, 3.8) is 0 Å². The molecule has 2 aliphatic rings. The fraction of sp³-hybridized carbons (Fsp3) is 0.625. The highest BCUT2D eigenvalue weighted by Gasteiger charge is 2.51. The number of ether oxygens (including phenoxy) is 1. The maximum atomic E-state index is 6.09. The zero-order valence-electron chi connectivity index (χ0n) is 13.0. The molecule has 20 heavy (non-hydrogen) atoms. The fourth-order valence-electron chi connectivity index (χ4n) is 2.23. The predicted molar refractivity (Wildman–Crippen MR) is 80.5 cm³/mol. The minimum atomic E-state index is -0.317. The largest absolute Gasteiger partial charge is 0.494 e. The molecule has 108 valence electrons. The van der Waals surface area contributed by atoms with E-state index in [0.717, 1.165) is 16.8 Å². The van der Waals surface area contributed by atoms with Crippen molar-refractivity contribution in [3.8, 4) is 5.75 Å². The highest BCUT2D eigenvalue weighted by Crippen LogP contribution is 2.37. The number of aryl methyl sites for hydroxylation is 1. The van der Waals surface area contributed by atoms with Gasteiger partial charge in [-0.1, -0.05) is 12.1 Å². The van der Waals surface area contributed by atoms with Gasteiger partial charge < -0.3 is 14.0 Å². The van der Waals surface area contributed by atoms with Gasteiger partial charge in [0.25, 0.3) is 0 Å². The normalized spacial score (nSPS) is 23.9. The fourth-order valence-corrected chi connectivity index (χ4v) is 2.23. The zero-order valence-corrected chi connectivity index (χ0v) is 13.0. The molecule has 0 aromatic heterocycles. The van der Waals surface area contributed by atoms with Crippen LogP contribution in [0.4, 0.5) is 0 Å². The van der Waals surface area contributed by atoms with Gasteiger partial charge in [0.2, 0.25) is 0 Å². The van der Waals surface area contributed by atoms with E-state index >= 15 is 0 Å². The Morgan fingerprint density at radius 2 is 1.70 bits per heavy atom. The quantitative estimate of drug-likeness (QED) is 0.793.